The summed E-state index contributed by atoms with van der Waals surface area (Å²) in [6.45, 7) is 0. The van der Waals surface area contributed by atoms with Crippen LogP contribution in [-0.2, 0) is 10.6 Å². The third-order valence-electron chi connectivity index (χ3n) is 2.63. The monoisotopic (exact) mass is 522 g/mol. The van der Waals surface area contributed by atoms with Gasteiger partial charge in [0.2, 0.25) is 0 Å². The highest BCUT2D eigenvalue weighted by atomic mass is 32.3. The van der Waals surface area contributed by atoms with E-state index < -0.39 is 58.7 Å². The second-order valence-corrected chi connectivity index (χ2v) is 5.43. The van der Waals surface area contributed by atoms with E-state index in [4.69, 9.17) is 8.42 Å². The first-order chi connectivity index (χ1) is 12.4. The fraction of sp³-hybridized carbons (Fsp3) is 1.00. The van der Waals surface area contributed by atoms with Crippen LogP contribution in [0.3, 0.4) is 0 Å². The molecule has 0 N–H and O–H groups in total. The normalized spacial score (nSPS) is 15.7. The lowest BCUT2D eigenvalue weighted by Gasteiger charge is -2.41. The van der Waals surface area contributed by atoms with Gasteiger partial charge in [0, 0.05) is 0 Å². The molecule has 0 radical (unpaired) electrons. The van der Waals surface area contributed by atoms with Gasteiger partial charge in [-0.05, 0) is 0 Å². The molecule has 0 heterocycles. The van der Waals surface area contributed by atoms with Crippen molar-refractivity contribution in [2.24, 2.45) is 0 Å². The minimum absolute atomic E-state index is 5.67. The first-order valence-electron chi connectivity index (χ1n) is 5.70. The lowest BCUT2D eigenvalue weighted by Crippen LogP contribution is -2.73. The van der Waals surface area contributed by atoms with Gasteiger partial charge in [0.1, 0.15) is 0 Å². The number of alkyl halides is 17. The molecule has 30 heavy (non-hydrogen) atoms. The molecule has 0 amide bonds. The fourth-order valence-corrected chi connectivity index (χ4v) is 1.12. The Morgan fingerprint density at radius 1 is 0.467 bits per heavy atom. The van der Waals surface area contributed by atoms with Gasteiger partial charge < -0.3 is 0 Å². The topological polar surface area (TPSA) is 34.1 Å². The molecule has 0 rings (SSSR count). The quantitative estimate of drug-likeness (QED) is 0.327. The molecule has 0 saturated heterocycles. The zero-order valence-electron chi connectivity index (χ0n) is 12.5. The van der Waals surface area contributed by atoms with Crippen LogP contribution in [0.4, 0.5) is 82.4 Å². The summed E-state index contributed by atoms with van der Waals surface area (Å²) in [4.78, 5) is 0. The predicted octanol–water partition coefficient (Wildman–Crippen LogP) is 5.80. The van der Waals surface area contributed by atoms with Crippen LogP contribution in [0.15, 0.2) is 0 Å². The van der Waals surface area contributed by atoms with Crippen molar-refractivity contribution >= 4 is 10.6 Å². The molecule has 0 aromatic carbocycles. The van der Waals surface area contributed by atoms with Crippen LogP contribution in [-0.4, -0.2) is 56.6 Å². The molecule has 0 saturated carbocycles. The van der Waals surface area contributed by atoms with E-state index in [2.05, 4.69) is 0 Å². The highest BCUT2D eigenvalue weighted by molar-refractivity contribution is 7.81. The van der Waals surface area contributed by atoms with Gasteiger partial charge in [0.05, 0.1) is 0 Å². The van der Waals surface area contributed by atoms with Crippen molar-refractivity contribution in [2.45, 2.75) is 48.1 Å². The van der Waals surface area contributed by atoms with E-state index >= 15 is 0 Å². The Balaban J connectivity index is 0. The van der Waals surface area contributed by atoms with E-state index in [1.54, 1.807) is 0 Å². The van der Waals surface area contributed by atoms with Gasteiger partial charge in [0.25, 0.3) is 0 Å². The lowest BCUT2D eigenvalue weighted by atomic mass is 9.91. The molecular weight excluding hydrogens is 521 g/mol. The molecule has 22 heteroatoms. The van der Waals surface area contributed by atoms with Crippen molar-refractivity contribution in [3.63, 3.8) is 0 Å². The van der Waals surface area contributed by atoms with Gasteiger partial charge in [-0.3, -0.25) is 0 Å². The van der Waals surface area contributed by atoms with Crippen molar-refractivity contribution in [1.82, 2.24) is 0 Å². The molecular formula is C8HF19O2S. The first-order valence-corrected chi connectivity index (χ1v) is 6.99. The number of hydrogen-bond acceptors (Lipinski definition) is 2. The Hall–Kier alpha value is -1.38. The van der Waals surface area contributed by atoms with Crippen molar-refractivity contribution < 1.29 is 90.8 Å². The van der Waals surface area contributed by atoms with E-state index in [0.717, 1.165) is 0 Å². The van der Waals surface area contributed by atoms with Gasteiger partial charge in [-0.15, -0.1) is 0 Å². The highest BCUT2D eigenvalue weighted by Crippen LogP contribution is 2.62. The summed E-state index contributed by atoms with van der Waals surface area (Å²) < 4.78 is 245. The van der Waals surface area contributed by atoms with Crippen LogP contribution >= 0.6 is 0 Å². The third kappa shape index (κ3) is 5.08. The van der Waals surface area contributed by atoms with Crippen LogP contribution in [0.1, 0.15) is 0 Å². The largest absolute Gasteiger partial charge is 0.476 e. The molecule has 2 nitrogen and oxygen atoms in total. The maximum absolute atomic E-state index is 12.8. The molecule has 0 fully saturated rings. The predicted molar refractivity (Wildman–Crippen MR) is 52.9 cm³/mol. The van der Waals surface area contributed by atoms with Gasteiger partial charge in [-0.1, -0.05) is 7.77 Å². The van der Waals surface area contributed by atoms with Gasteiger partial charge in [-0.2, -0.15) is 74.3 Å². The zero-order valence-corrected chi connectivity index (χ0v) is 13.3. The van der Waals surface area contributed by atoms with Crippen LogP contribution in [0.5, 0.6) is 0 Å². The lowest BCUT2D eigenvalue weighted by molar-refractivity contribution is -0.456. The summed E-state index contributed by atoms with van der Waals surface area (Å²) in [6, 6.07) is 0. The molecule has 0 aliphatic rings. The molecule has 0 spiro atoms. The molecule has 0 aromatic rings. The van der Waals surface area contributed by atoms with Crippen molar-refractivity contribution in [3.05, 3.63) is 0 Å². The molecule has 0 unspecified atom stereocenters. The fourth-order valence-electron chi connectivity index (χ4n) is 1.12. The summed E-state index contributed by atoms with van der Waals surface area (Å²) in [5.41, 5.74) is 0. The summed E-state index contributed by atoms with van der Waals surface area (Å²) in [5, 5.41) is 0. The Kier molecular flexibility index (Phi) is 8.16. The molecule has 0 aromatic heterocycles. The van der Waals surface area contributed by atoms with Crippen LogP contribution in [0.25, 0.3) is 0 Å². The molecule has 0 bridgehead atoms. The molecule has 184 valence electrons. The SMILES string of the molecule is FC(F)C(F)(F)C(F)(F)C(F)(F)C(F)(F)C(F)(F)C(F)(F)C(F)(F)F.O=S(=O)(F)F. The van der Waals surface area contributed by atoms with Gasteiger partial charge in [0.15, 0.2) is 0 Å². The Labute approximate surface area is 151 Å². The summed E-state index contributed by atoms with van der Waals surface area (Å²) >= 11 is 0. The minimum Gasteiger partial charge on any atom is -0.203 e. The average molecular weight is 522 g/mol. The average Bonchev–Trinajstić information content (AvgIpc) is 2.42. The van der Waals surface area contributed by atoms with Crippen molar-refractivity contribution in [3.8, 4) is 0 Å². The van der Waals surface area contributed by atoms with Crippen molar-refractivity contribution in [1.29, 1.82) is 0 Å². The molecule has 0 aliphatic heterocycles. The Morgan fingerprint density at radius 2 is 0.667 bits per heavy atom. The Bertz CT molecular complexity index is 680. The van der Waals surface area contributed by atoms with Gasteiger partial charge in [-0.25, -0.2) is 8.78 Å². The Morgan fingerprint density at radius 3 is 0.867 bits per heavy atom. The number of halogens is 19. The van der Waals surface area contributed by atoms with E-state index in [0.29, 0.717) is 0 Å². The summed E-state index contributed by atoms with van der Waals surface area (Å²) in [7, 11) is -5.67. The summed E-state index contributed by atoms with van der Waals surface area (Å²) in [5.74, 6) is -49.2. The van der Waals surface area contributed by atoms with Gasteiger partial charge >= 0.3 is 58.7 Å². The first kappa shape index (κ1) is 30.8. The van der Waals surface area contributed by atoms with E-state index in [1.165, 1.54) is 0 Å². The second-order valence-electron chi connectivity index (χ2n) is 4.67. The minimum atomic E-state index is -8.54. The smallest absolute Gasteiger partial charge is 0.203 e. The maximum Gasteiger partial charge on any atom is 0.476 e. The molecule has 0 atom stereocenters. The van der Waals surface area contributed by atoms with E-state index in [1.807, 2.05) is 0 Å². The zero-order chi connectivity index (χ0) is 25.6. The van der Waals surface area contributed by atoms with Crippen LogP contribution < -0.4 is 0 Å². The van der Waals surface area contributed by atoms with Crippen LogP contribution in [0, 0.1) is 0 Å². The third-order valence-corrected chi connectivity index (χ3v) is 2.63. The van der Waals surface area contributed by atoms with Crippen LogP contribution in [0.2, 0.25) is 0 Å². The second kappa shape index (κ2) is 7.95. The highest BCUT2D eigenvalue weighted by Gasteiger charge is 2.94. The standard InChI is InChI=1S/C8HF17.F2O2S/c9-1(10)2(11,12)3(13,14)4(15,16)5(17,18)6(19,20)7(21,22)8(23,24)25;1-5(2,3)4/h1H;. The van der Waals surface area contributed by atoms with E-state index in [-0.39, 0.29) is 0 Å². The van der Waals surface area contributed by atoms with E-state index in [9.17, 15) is 82.4 Å². The van der Waals surface area contributed by atoms with Crippen molar-refractivity contribution in [2.75, 3.05) is 0 Å². The number of rotatable bonds is 6. The summed E-state index contributed by atoms with van der Waals surface area (Å²) in [6.07, 6.45) is -13.6. The molecule has 0 aliphatic carbocycles. The number of hydrogen-bond donors (Lipinski definition) is 0. The maximum atomic E-state index is 12.8.